The van der Waals surface area contributed by atoms with Crippen molar-refractivity contribution >= 4 is 15.7 Å². The van der Waals surface area contributed by atoms with Gasteiger partial charge >= 0.3 is 0 Å². The van der Waals surface area contributed by atoms with Gasteiger partial charge < -0.3 is 5.73 Å². The Bertz CT molecular complexity index is 663. The van der Waals surface area contributed by atoms with E-state index in [9.17, 15) is 22.9 Å². The lowest BCUT2D eigenvalue weighted by molar-refractivity contribution is -0.388. The predicted octanol–water partition coefficient (Wildman–Crippen LogP) is 1.63. The van der Waals surface area contributed by atoms with Crippen LogP contribution < -0.4 is 5.73 Å². The van der Waals surface area contributed by atoms with E-state index in [1.165, 1.54) is 0 Å². The van der Waals surface area contributed by atoms with Gasteiger partial charge in [-0.05, 0) is 31.9 Å². The van der Waals surface area contributed by atoms with Gasteiger partial charge in [0.15, 0.2) is 4.90 Å². The van der Waals surface area contributed by atoms with Crippen LogP contribution in [0.4, 0.5) is 10.1 Å². The molecule has 2 N–H and O–H groups in total. The molecule has 0 saturated carbocycles. The van der Waals surface area contributed by atoms with Gasteiger partial charge in [0.25, 0.3) is 15.7 Å². The van der Waals surface area contributed by atoms with E-state index in [0.717, 1.165) is 28.9 Å². The molecule has 1 aliphatic rings. The molecule has 0 bridgehead atoms. The zero-order valence-corrected chi connectivity index (χ0v) is 12.8. The Morgan fingerprint density at radius 2 is 2.14 bits per heavy atom. The fraction of sp³-hybridized carbons (Fsp3) is 0.538. The molecule has 0 amide bonds. The van der Waals surface area contributed by atoms with Crippen molar-refractivity contribution in [2.75, 3.05) is 13.1 Å². The zero-order valence-electron chi connectivity index (χ0n) is 11.9. The Labute approximate surface area is 128 Å². The van der Waals surface area contributed by atoms with E-state index in [2.05, 4.69) is 0 Å². The highest BCUT2D eigenvalue weighted by Gasteiger charge is 2.39. The van der Waals surface area contributed by atoms with E-state index < -0.39 is 31.3 Å². The highest BCUT2D eigenvalue weighted by molar-refractivity contribution is 7.89. The maximum Gasteiger partial charge on any atom is 0.292 e. The molecule has 0 aliphatic carbocycles. The number of nitro benzene ring substituents is 1. The minimum Gasteiger partial charge on any atom is -0.330 e. The van der Waals surface area contributed by atoms with Gasteiger partial charge in [0, 0.05) is 18.7 Å². The molecular formula is C13H18FN3O4S. The summed E-state index contributed by atoms with van der Waals surface area (Å²) >= 11 is 0. The van der Waals surface area contributed by atoms with Crippen molar-refractivity contribution in [3.05, 3.63) is 34.1 Å². The van der Waals surface area contributed by atoms with E-state index >= 15 is 0 Å². The smallest absolute Gasteiger partial charge is 0.292 e. The largest absolute Gasteiger partial charge is 0.330 e. The fourth-order valence-electron chi connectivity index (χ4n) is 2.79. The van der Waals surface area contributed by atoms with Gasteiger partial charge in [0.2, 0.25) is 0 Å². The molecule has 1 aliphatic heterocycles. The summed E-state index contributed by atoms with van der Waals surface area (Å²) in [6.07, 6.45) is 2.57. The molecule has 0 aromatic heterocycles. The SMILES string of the molecule is NCCC1CCCCN1S(=O)(=O)c1c(F)cccc1[N+](=O)[O-]. The Morgan fingerprint density at radius 3 is 2.77 bits per heavy atom. The van der Waals surface area contributed by atoms with Gasteiger partial charge in [0.1, 0.15) is 5.82 Å². The minimum absolute atomic E-state index is 0.221. The van der Waals surface area contributed by atoms with Crippen LogP contribution in [0.3, 0.4) is 0 Å². The lowest BCUT2D eigenvalue weighted by Crippen LogP contribution is -2.44. The molecule has 1 aromatic carbocycles. The van der Waals surface area contributed by atoms with Crippen LogP contribution >= 0.6 is 0 Å². The number of halogens is 1. The fourth-order valence-corrected chi connectivity index (χ4v) is 4.71. The second-order valence-corrected chi connectivity index (χ2v) is 7.02. The lowest BCUT2D eigenvalue weighted by Gasteiger charge is -2.34. The van der Waals surface area contributed by atoms with Crippen LogP contribution in [0.25, 0.3) is 0 Å². The third-order valence-corrected chi connectivity index (χ3v) is 5.80. The first-order chi connectivity index (χ1) is 10.4. The normalized spacial score (nSPS) is 20.0. The molecule has 22 heavy (non-hydrogen) atoms. The summed E-state index contributed by atoms with van der Waals surface area (Å²) in [5.74, 6) is -1.11. The number of nitrogens with two attached hydrogens (primary N) is 1. The van der Waals surface area contributed by atoms with E-state index in [0.29, 0.717) is 25.8 Å². The first-order valence-corrected chi connectivity index (χ1v) is 8.48. The standard InChI is InChI=1S/C13H18FN3O4S/c14-11-5-3-6-12(17(18)19)13(11)22(20,21)16-9-2-1-4-10(16)7-8-15/h3,5-6,10H,1-2,4,7-9,15H2. The summed E-state index contributed by atoms with van der Waals surface area (Å²) in [6.45, 7) is 0.522. The molecule has 2 rings (SSSR count). The summed E-state index contributed by atoms with van der Waals surface area (Å²) in [5.41, 5.74) is 4.77. The predicted molar refractivity (Wildman–Crippen MR) is 78.3 cm³/mol. The van der Waals surface area contributed by atoms with Crippen molar-refractivity contribution in [2.45, 2.75) is 36.6 Å². The van der Waals surface area contributed by atoms with Gasteiger partial charge in [-0.25, -0.2) is 12.8 Å². The molecule has 1 heterocycles. The first kappa shape index (κ1) is 16.8. The number of piperidine rings is 1. The molecule has 0 spiro atoms. The lowest BCUT2D eigenvalue weighted by atomic mass is 10.0. The van der Waals surface area contributed by atoms with E-state index in [1.54, 1.807) is 0 Å². The van der Waals surface area contributed by atoms with Crippen LogP contribution in [-0.2, 0) is 10.0 Å². The van der Waals surface area contributed by atoms with Gasteiger partial charge in [0.05, 0.1) is 4.92 Å². The quantitative estimate of drug-likeness (QED) is 0.652. The Hall–Kier alpha value is -1.58. The first-order valence-electron chi connectivity index (χ1n) is 7.04. The number of rotatable bonds is 5. The monoisotopic (exact) mass is 331 g/mol. The topological polar surface area (TPSA) is 107 Å². The van der Waals surface area contributed by atoms with Gasteiger partial charge in [-0.15, -0.1) is 0 Å². The summed E-state index contributed by atoms with van der Waals surface area (Å²) in [6, 6.07) is 2.70. The third-order valence-electron chi connectivity index (χ3n) is 3.78. The molecule has 9 heteroatoms. The molecule has 1 aromatic rings. The maximum absolute atomic E-state index is 14.0. The summed E-state index contributed by atoms with van der Waals surface area (Å²) in [4.78, 5) is 9.31. The van der Waals surface area contributed by atoms with Crippen LogP contribution in [0.5, 0.6) is 0 Å². The molecule has 0 radical (unpaired) electrons. The van der Waals surface area contributed by atoms with Gasteiger partial charge in [-0.2, -0.15) is 4.31 Å². The number of benzene rings is 1. The second-order valence-electron chi connectivity index (χ2n) is 5.19. The second kappa shape index (κ2) is 6.67. The van der Waals surface area contributed by atoms with Crippen molar-refractivity contribution in [1.29, 1.82) is 0 Å². The summed E-state index contributed by atoms with van der Waals surface area (Å²) in [7, 11) is -4.28. The average molecular weight is 331 g/mol. The molecule has 1 fully saturated rings. The van der Waals surface area contributed by atoms with Crippen molar-refractivity contribution in [3.8, 4) is 0 Å². The number of hydrogen-bond donors (Lipinski definition) is 1. The Balaban J connectivity index is 2.52. The number of nitro groups is 1. The van der Waals surface area contributed by atoms with Crippen molar-refractivity contribution in [3.63, 3.8) is 0 Å². The molecule has 1 unspecified atom stereocenters. The van der Waals surface area contributed by atoms with Crippen molar-refractivity contribution in [1.82, 2.24) is 4.31 Å². The highest BCUT2D eigenvalue weighted by Crippen LogP contribution is 2.33. The highest BCUT2D eigenvalue weighted by atomic mass is 32.2. The van der Waals surface area contributed by atoms with Crippen LogP contribution in [0.15, 0.2) is 23.1 Å². The molecule has 1 atom stereocenters. The maximum atomic E-state index is 14.0. The Kier molecular flexibility index (Phi) is 5.09. The Morgan fingerprint density at radius 1 is 1.41 bits per heavy atom. The molecule has 7 nitrogen and oxygen atoms in total. The van der Waals surface area contributed by atoms with Crippen molar-refractivity contribution < 1.29 is 17.7 Å². The van der Waals surface area contributed by atoms with E-state index in [-0.39, 0.29) is 12.6 Å². The number of hydrogen-bond acceptors (Lipinski definition) is 5. The zero-order chi connectivity index (χ0) is 16.3. The van der Waals surface area contributed by atoms with Crippen LogP contribution in [-0.4, -0.2) is 36.8 Å². The van der Waals surface area contributed by atoms with E-state index in [4.69, 9.17) is 5.73 Å². The van der Waals surface area contributed by atoms with Crippen LogP contribution in [0, 0.1) is 15.9 Å². The van der Waals surface area contributed by atoms with E-state index in [1.807, 2.05) is 0 Å². The van der Waals surface area contributed by atoms with Gasteiger partial charge in [-0.1, -0.05) is 12.5 Å². The summed E-state index contributed by atoms with van der Waals surface area (Å²) in [5, 5.41) is 11.0. The summed E-state index contributed by atoms with van der Waals surface area (Å²) < 4.78 is 40.7. The van der Waals surface area contributed by atoms with Crippen molar-refractivity contribution in [2.24, 2.45) is 5.73 Å². The third kappa shape index (κ3) is 3.11. The van der Waals surface area contributed by atoms with Crippen LogP contribution in [0.2, 0.25) is 0 Å². The number of sulfonamides is 1. The average Bonchev–Trinajstić information content (AvgIpc) is 2.47. The van der Waals surface area contributed by atoms with Gasteiger partial charge in [-0.3, -0.25) is 10.1 Å². The molecular weight excluding hydrogens is 313 g/mol. The minimum atomic E-state index is -4.28. The molecule has 122 valence electrons. The van der Waals surface area contributed by atoms with Crippen LogP contribution in [0.1, 0.15) is 25.7 Å². The molecule has 1 saturated heterocycles. The number of nitrogens with zero attached hydrogens (tertiary/aromatic N) is 2.